The highest BCUT2D eigenvalue weighted by Crippen LogP contribution is 2.26. The fourth-order valence-corrected chi connectivity index (χ4v) is 4.04. The van der Waals surface area contributed by atoms with Gasteiger partial charge in [-0.3, -0.25) is 4.79 Å². The first-order chi connectivity index (χ1) is 15.1. The fourth-order valence-electron chi connectivity index (χ4n) is 4.04. The smallest absolute Gasteiger partial charge is 0.342 e. The first kappa shape index (κ1) is 21.1. The number of benzene rings is 1. The van der Waals surface area contributed by atoms with Crippen LogP contribution < -0.4 is 15.1 Å². The lowest BCUT2D eigenvalue weighted by Gasteiger charge is -2.28. The van der Waals surface area contributed by atoms with Crippen LogP contribution in [0.25, 0.3) is 0 Å². The molecule has 2 fully saturated rings. The molecule has 1 amide bonds. The van der Waals surface area contributed by atoms with Crippen LogP contribution in [0.5, 0.6) is 0 Å². The molecule has 164 valence electrons. The van der Waals surface area contributed by atoms with Crippen molar-refractivity contribution >= 4 is 29.1 Å². The number of rotatable bonds is 6. The summed E-state index contributed by atoms with van der Waals surface area (Å²) in [6.07, 6.45) is 4.07. The molecule has 8 nitrogen and oxygen atoms in total. The number of aryl methyl sites for hydroxylation is 1. The van der Waals surface area contributed by atoms with Crippen molar-refractivity contribution in [3.63, 3.8) is 0 Å². The zero-order chi connectivity index (χ0) is 21.6. The van der Waals surface area contributed by atoms with E-state index in [0.29, 0.717) is 43.4 Å². The Kier molecular flexibility index (Phi) is 6.66. The lowest BCUT2D eigenvalue weighted by atomic mass is 10.1. The summed E-state index contributed by atoms with van der Waals surface area (Å²) in [5.74, 6) is -0.381. The summed E-state index contributed by atoms with van der Waals surface area (Å²) < 4.78 is 10.6. The standard InChI is InChI=1S/C23H28N4O4/c1-17-15-18(6-7-20(17)26-9-2-3-10-26)25-21(28)16-31-23(29)19-5-4-8-24-22(19)27-11-13-30-14-12-27/h4-8,15H,2-3,9-14,16H2,1H3,(H,25,28). The van der Waals surface area contributed by atoms with Crippen LogP contribution in [0, 0.1) is 6.92 Å². The summed E-state index contributed by atoms with van der Waals surface area (Å²) in [5, 5.41) is 2.81. The van der Waals surface area contributed by atoms with Gasteiger partial charge in [-0.25, -0.2) is 9.78 Å². The van der Waals surface area contributed by atoms with Crippen molar-refractivity contribution in [1.82, 2.24) is 4.98 Å². The van der Waals surface area contributed by atoms with E-state index in [1.807, 2.05) is 30.0 Å². The van der Waals surface area contributed by atoms with E-state index in [1.165, 1.54) is 18.5 Å². The summed E-state index contributed by atoms with van der Waals surface area (Å²) in [5.41, 5.74) is 3.36. The first-order valence-corrected chi connectivity index (χ1v) is 10.7. The summed E-state index contributed by atoms with van der Waals surface area (Å²) in [7, 11) is 0. The van der Waals surface area contributed by atoms with Gasteiger partial charge >= 0.3 is 5.97 Å². The molecule has 0 saturated carbocycles. The van der Waals surface area contributed by atoms with Crippen LogP contribution in [0.15, 0.2) is 36.5 Å². The predicted molar refractivity (Wildman–Crippen MR) is 119 cm³/mol. The van der Waals surface area contributed by atoms with Crippen LogP contribution in [0.3, 0.4) is 0 Å². The highest BCUT2D eigenvalue weighted by atomic mass is 16.5. The SMILES string of the molecule is Cc1cc(NC(=O)COC(=O)c2cccnc2N2CCOCC2)ccc1N1CCCC1. The largest absolute Gasteiger partial charge is 0.452 e. The number of nitrogens with one attached hydrogen (secondary N) is 1. The molecule has 0 aliphatic carbocycles. The van der Waals surface area contributed by atoms with Crippen molar-refractivity contribution < 1.29 is 19.1 Å². The van der Waals surface area contributed by atoms with Gasteiger partial charge in [-0.2, -0.15) is 0 Å². The van der Waals surface area contributed by atoms with Crippen LogP contribution in [0.4, 0.5) is 17.2 Å². The van der Waals surface area contributed by atoms with Crippen molar-refractivity contribution in [1.29, 1.82) is 0 Å². The van der Waals surface area contributed by atoms with Crippen molar-refractivity contribution in [2.75, 3.05) is 61.1 Å². The Hall–Kier alpha value is -3.13. The Bertz CT molecular complexity index is 937. The molecular weight excluding hydrogens is 396 g/mol. The molecule has 1 N–H and O–H groups in total. The van der Waals surface area contributed by atoms with Crippen molar-refractivity contribution in [2.45, 2.75) is 19.8 Å². The lowest BCUT2D eigenvalue weighted by molar-refractivity contribution is -0.119. The molecule has 0 spiro atoms. The number of carbonyl (C=O) groups is 2. The number of hydrogen-bond acceptors (Lipinski definition) is 7. The third-order valence-electron chi connectivity index (χ3n) is 5.58. The Labute approximate surface area is 182 Å². The number of pyridine rings is 1. The molecular formula is C23H28N4O4. The molecule has 0 unspecified atom stereocenters. The average molecular weight is 425 g/mol. The minimum Gasteiger partial charge on any atom is -0.452 e. The van der Waals surface area contributed by atoms with E-state index in [2.05, 4.69) is 15.2 Å². The number of nitrogens with zero attached hydrogens (tertiary/aromatic N) is 3. The molecule has 1 aromatic heterocycles. The second-order valence-corrected chi connectivity index (χ2v) is 7.79. The second kappa shape index (κ2) is 9.78. The third kappa shape index (κ3) is 5.14. The number of aromatic nitrogens is 1. The maximum atomic E-state index is 12.6. The number of carbonyl (C=O) groups excluding carboxylic acids is 2. The summed E-state index contributed by atoms with van der Waals surface area (Å²) in [4.78, 5) is 33.6. The second-order valence-electron chi connectivity index (χ2n) is 7.79. The molecule has 0 bridgehead atoms. The van der Waals surface area contributed by atoms with E-state index in [4.69, 9.17) is 9.47 Å². The molecule has 2 aliphatic heterocycles. The van der Waals surface area contributed by atoms with E-state index in [1.54, 1.807) is 18.3 Å². The van der Waals surface area contributed by atoms with Gasteiger partial charge in [-0.05, 0) is 55.7 Å². The van der Waals surface area contributed by atoms with E-state index < -0.39 is 5.97 Å². The normalized spacial score (nSPS) is 16.3. The van der Waals surface area contributed by atoms with Crippen LogP contribution in [0.2, 0.25) is 0 Å². The van der Waals surface area contributed by atoms with Gasteiger partial charge in [0.1, 0.15) is 11.4 Å². The average Bonchev–Trinajstić information content (AvgIpc) is 3.33. The Morgan fingerprint density at radius 3 is 2.61 bits per heavy atom. The molecule has 8 heteroatoms. The van der Waals surface area contributed by atoms with E-state index in [0.717, 1.165) is 18.7 Å². The van der Waals surface area contributed by atoms with Gasteiger partial charge in [-0.15, -0.1) is 0 Å². The maximum absolute atomic E-state index is 12.6. The van der Waals surface area contributed by atoms with Crippen LogP contribution in [0.1, 0.15) is 28.8 Å². The fraction of sp³-hybridized carbons (Fsp3) is 0.435. The Balaban J connectivity index is 1.34. The van der Waals surface area contributed by atoms with Gasteiger partial charge in [0, 0.05) is 43.8 Å². The number of anilines is 3. The van der Waals surface area contributed by atoms with Crippen LogP contribution in [-0.4, -0.2) is 62.9 Å². The summed E-state index contributed by atoms with van der Waals surface area (Å²) in [6.45, 7) is 6.32. The minimum atomic E-state index is -0.565. The highest BCUT2D eigenvalue weighted by molar-refractivity contribution is 5.98. The molecule has 2 aliphatic rings. The van der Waals surface area contributed by atoms with Gasteiger partial charge in [-0.1, -0.05) is 0 Å². The van der Waals surface area contributed by atoms with Crippen molar-refractivity contribution in [2.24, 2.45) is 0 Å². The predicted octanol–water partition coefficient (Wildman–Crippen LogP) is 2.62. The van der Waals surface area contributed by atoms with Crippen molar-refractivity contribution in [3.05, 3.63) is 47.7 Å². The lowest BCUT2D eigenvalue weighted by Crippen LogP contribution is -2.37. The number of esters is 1. The quantitative estimate of drug-likeness (QED) is 0.714. The van der Waals surface area contributed by atoms with E-state index in [9.17, 15) is 9.59 Å². The number of ether oxygens (including phenoxy) is 2. The molecule has 0 radical (unpaired) electrons. The monoisotopic (exact) mass is 424 g/mol. The Morgan fingerprint density at radius 2 is 1.87 bits per heavy atom. The number of morpholine rings is 1. The van der Waals surface area contributed by atoms with E-state index >= 15 is 0 Å². The maximum Gasteiger partial charge on any atom is 0.342 e. The van der Waals surface area contributed by atoms with Crippen LogP contribution >= 0.6 is 0 Å². The minimum absolute atomic E-state index is 0.350. The van der Waals surface area contributed by atoms with Gasteiger partial charge in [0.15, 0.2) is 6.61 Å². The van der Waals surface area contributed by atoms with Gasteiger partial charge in [0.25, 0.3) is 5.91 Å². The third-order valence-corrected chi connectivity index (χ3v) is 5.58. The molecule has 31 heavy (non-hydrogen) atoms. The zero-order valence-electron chi connectivity index (χ0n) is 17.8. The summed E-state index contributed by atoms with van der Waals surface area (Å²) in [6, 6.07) is 9.22. The van der Waals surface area contributed by atoms with Crippen molar-refractivity contribution in [3.8, 4) is 0 Å². The molecule has 1 aromatic carbocycles. The first-order valence-electron chi connectivity index (χ1n) is 10.7. The number of amides is 1. The van der Waals surface area contributed by atoms with Gasteiger partial charge < -0.3 is 24.6 Å². The molecule has 4 rings (SSSR count). The van der Waals surface area contributed by atoms with Gasteiger partial charge in [0.05, 0.1) is 13.2 Å². The molecule has 0 atom stereocenters. The summed E-state index contributed by atoms with van der Waals surface area (Å²) >= 11 is 0. The molecule has 2 aromatic rings. The topological polar surface area (TPSA) is 84.0 Å². The Morgan fingerprint density at radius 1 is 1.10 bits per heavy atom. The van der Waals surface area contributed by atoms with Gasteiger partial charge in [0.2, 0.25) is 0 Å². The van der Waals surface area contributed by atoms with Crippen LogP contribution in [-0.2, 0) is 14.3 Å². The molecule has 2 saturated heterocycles. The molecule has 3 heterocycles. The highest BCUT2D eigenvalue weighted by Gasteiger charge is 2.21. The zero-order valence-corrected chi connectivity index (χ0v) is 17.8. The van der Waals surface area contributed by atoms with E-state index in [-0.39, 0.29) is 12.5 Å². The number of hydrogen-bond donors (Lipinski definition) is 1.